The van der Waals surface area contributed by atoms with Crippen LogP contribution in [0.2, 0.25) is 0 Å². The van der Waals surface area contributed by atoms with E-state index >= 15 is 0 Å². The van der Waals surface area contributed by atoms with Crippen molar-refractivity contribution in [3.63, 3.8) is 0 Å². The number of hydrogen-bond donors (Lipinski definition) is 1. The van der Waals surface area contributed by atoms with Gasteiger partial charge in [-0.05, 0) is 25.0 Å². The Morgan fingerprint density at radius 2 is 2.24 bits per heavy atom. The molecule has 1 aromatic heterocycles. The quantitative estimate of drug-likeness (QED) is 0.847. The molecule has 2 aromatic rings. The molecule has 152 valence electrons. The van der Waals surface area contributed by atoms with E-state index in [0.717, 1.165) is 67.3 Å². The van der Waals surface area contributed by atoms with Gasteiger partial charge in [-0.1, -0.05) is 0 Å². The Kier molecular flexibility index (Phi) is 4.31. The first-order valence-electron chi connectivity index (χ1n) is 9.97. The van der Waals surface area contributed by atoms with Crippen molar-refractivity contribution in [2.75, 3.05) is 33.4 Å². The molecule has 5 rings (SSSR count). The largest absolute Gasteiger partial charge is 0.496 e. The van der Waals surface area contributed by atoms with Crippen molar-refractivity contribution < 1.29 is 14.3 Å². The van der Waals surface area contributed by atoms with E-state index in [4.69, 9.17) is 14.5 Å². The summed E-state index contributed by atoms with van der Waals surface area (Å²) in [7, 11) is 3.55. The van der Waals surface area contributed by atoms with Gasteiger partial charge in [0.1, 0.15) is 11.6 Å². The molecular weight excluding hydrogens is 370 g/mol. The van der Waals surface area contributed by atoms with Crippen LogP contribution in [0.15, 0.2) is 29.5 Å². The van der Waals surface area contributed by atoms with E-state index < -0.39 is 0 Å². The maximum Gasteiger partial charge on any atom is 0.322 e. The van der Waals surface area contributed by atoms with Gasteiger partial charge >= 0.3 is 6.03 Å². The third-order valence-electron chi connectivity index (χ3n) is 6.23. The summed E-state index contributed by atoms with van der Waals surface area (Å²) < 4.78 is 12.9. The number of aliphatic imine (C=N–C) groups is 1. The number of ether oxygens (including phenoxy) is 2. The molecule has 1 atom stereocenters. The van der Waals surface area contributed by atoms with Crippen LogP contribution in [0, 0.1) is 5.41 Å². The van der Waals surface area contributed by atoms with E-state index in [2.05, 4.69) is 10.4 Å². The van der Waals surface area contributed by atoms with Crippen LogP contribution in [0.5, 0.6) is 5.75 Å². The van der Waals surface area contributed by atoms with Crippen molar-refractivity contribution in [2.24, 2.45) is 17.5 Å². The summed E-state index contributed by atoms with van der Waals surface area (Å²) in [6.07, 6.45) is 6.37. The highest BCUT2D eigenvalue weighted by Gasteiger charge is 2.43. The molecule has 3 aliphatic heterocycles. The lowest BCUT2D eigenvalue weighted by molar-refractivity contribution is 0.153. The summed E-state index contributed by atoms with van der Waals surface area (Å²) in [5, 5.41) is 7.30. The highest BCUT2D eigenvalue weighted by atomic mass is 16.5. The molecule has 0 unspecified atom stereocenters. The Balaban J connectivity index is 1.37. The van der Waals surface area contributed by atoms with Crippen LogP contribution in [0.25, 0.3) is 11.1 Å². The van der Waals surface area contributed by atoms with Crippen LogP contribution in [0.3, 0.4) is 0 Å². The molecule has 0 saturated carbocycles. The minimum atomic E-state index is -0.0813. The number of amidine groups is 1. The number of urea groups is 1. The monoisotopic (exact) mass is 395 g/mol. The molecule has 2 saturated heterocycles. The summed E-state index contributed by atoms with van der Waals surface area (Å²) >= 11 is 0. The Morgan fingerprint density at radius 3 is 2.97 bits per heavy atom. The minimum Gasteiger partial charge on any atom is -0.496 e. The van der Waals surface area contributed by atoms with Gasteiger partial charge in [0, 0.05) is 61.5 Å². The fourth-order valence-corrected chi connectivity index (χ4v) is 4.60. The van der Waals surface area contributed by atoms with Crippen LogP contribution in [-0.4, -0.2) is 60.0 Å². The smallest absolute Gasteiger partial charge is 0.322 e. The molecule has 8 nitrogen and oxygen atoms in total. The van der Waals surface area contributed by atoms with E-state index in [1.165, 1.54) is 0 Å². The summed E-state index contributed by atoms with van der Waals surface area (Å²) in [4.78, 5) is 19.5. The van der Waals surface area contributed by atoms with Gasteiger partial charge in [0.25, 0.3) is 0 Å². The molecule has 2 fully saturated rings. The lowest BCUT2D eigenvalue weighted by Gasteiger charge is -2.22. The topological polar surface area (TPSA) is 81.0 Å². The Hall–Kier alpha value is -2.87. The zero-order chi connectivity index (χ0) is 20.0. The summed E-state index contributed by atoms with van der Waals surface area (Å²) in [5.74, 6) is 1.44. The van der Waals surface area contributed by atoms with Crippen LogP contribution >= 0.6 is 0 Å². The lowest BCUT2D eigenvalue weighted by atomic mass is 9.87. The molecule has 8 heteroatoms. The number of carbonyl (C=O) groups is 1. The molecule has 1 aromatic carbocycles. The number of hydrogen-bond acceptors (Lipinski definition) is 5. The third-order valence-corrected chi connectivity index (χ3v) is 6.23. The molecule has 1 spiro atoms. The van der Waals surface area contributed by atoms with Gasteiger partial charge in [-0.2, -0.15) is 5.10 Å². The number of aryl methyl sites for hydroxylation is 1. The number of amides is 2. The van der Waals surface area contributed by atoms with Crippen molar-refractivity contribution in [1.29, 1.82) is 0 Å². The molecule has 1 N–H and O–H groups in total. The number of carbonyl (C=O) groups excluding carboxylic acids is 1. The Labute approximate surface area is 169 Å². The number of benzene rings is 1. The van der Waals surface area contributed by atoms with Gasteiger partial charge < -0.3 is 14.4 Å². The van der Waals surface area contributed by atoms with Crippen LogP contribution in [0.4, 0.5) is 10.5 Å². The number of aromatic nitrogens is 2. The standard InChI is InChI=1S/C21H25N5O3/c1-25-11-14(10-22-25)15-3-4-17(28-2)16-9-18(23-19(15)16)24-20(27)26-7-5-21(12-26)6-8-29-13-21/h3-4,10-11H,5-9,12-13H2,1-2H3,(H,23,24,27)/t21-/m1/s1. The summed E-state index contributed by atoms with van der Waals surface area (Å²) in [6, 6.07) is 3.86. The fraction of sp³-hybridized carbons (Fsp3) is 0.476. The Bertz CT molecular complexity index is 990. The third kappa shape index (κ3) is 3.17. The van der Waals surface area contributed by atoms with E-state index in [1.807, 2.05) is 36.5 Å². The predicted octanol–water partition coefficient (Wildman–Crippen LogP) is 2.50. The van der Waals surface area contributed by atoms with Crippen LogP contribution < -0.4 is 10.1 Å². The molecule has 3 aliphatic rings. The van der Waals surface area contributed by atoms with Crippen LogP contribution in [0.1, 0.15) is 18.4 Å². The van der Waals surface area contributed by atoms with E-state index in [0.29, 0.717) is 12.3 Å². The second-order valence-electron chi connectivity index (χ2n) is 8.18. The van der Waals surface area contributed by atoms with E-state index in [-0.39, 0.29) is 11.4 Å². The number of nitrogens with zero attached hydrogens (tertiary/aromatic N) is 4. The maximum atomic E-state index is 12.9. The minimum absolute atomic E-state index is 0.0813. The molecule has 2 amide bonds. The fourth-order valence-electron chi connectivity index (χ4n) is 4.60. The molecule has 0 aliphatic carbocycles. The van der Waals surface area contributed by atoms with Gasteiger partial charge in [0.2, 0.25) is 0 Å². The van der Waals surface area contributed by atoms with Gasteiger partial charge in [-0.15, -0.1) is 0 Å². The molecule has 0 radical (unpaired) electrons. The van der Waals surface area contributed by atoms with Crippen molar-refractivity contribution in [2.45, 2.75) is 19.3 Å². The predicted molar refractivity (Wildman–Crippen MR) is 109 cm³/mol. The second kappa shape index (κ2) is 6.88. The van der Waals surface area contributed by atoms with E-state index in [1.54, 1.807) is 11.8 Å². The number of likely N-dealkylation sites (tertiary alicyclic amines) is 1. The average molecular weight is 395 g/mol. The number of rotatable bonds is 2. The SMILES string of the molecule is COc1ccc(-c2cnn(C)c2)c2c1CC(NC(=O)N1CC[C@@]3(CCOC3)C1)=N2. The Morgan fingerprint density at radius 1 is 1.34 bits per heavy atom. The first-order valence-corrected chi connectivity index (χ1v) is 9.97. The lowest BCUT2D eigenvalue weighted by Crippen LogP contribution is -2.42. The van der Waals surface area contributed by atoms with Crippen molar-refractivity contribution in [3.05, 3.63) is 30.1 Å². The number of methoxy groups -OCH3 is 1. The number of nitrogens with one attached hydrogen (secondary N) is 1. The average Bonchev–Trinajstić information content (AvgIpc) is 3.49. The summed E-state index contributed by atoms with van der Waals surface area (Å²) in [6.45, 7) is 3.08. The van der Waals surface area contributed by atoms with Gasteiger partial charge in [0.15, 0.2) is 0 Å². The summed E-state index contributed by atoms with van der Waals surface area (Å²) in [5.41, 5.74) is 3.96. The first kappa shape index (κ1) is 18.2. The highest BCUT2D eigenvalue weighted by molar-refractivity contribution is 6.04. The molecule has 29 heavy (non-hydrogen) atoms. The number of fused-ring (bicyclic) bond motifs is 1. The second-order valence-corrected chi connectivity index (χ2v) is 8.18. The molecule has 4 heterocycles. The van der Waals surface area contributed by atoms with Crippen molar-refractivity contribution in [3.8, 4) is 16.9 Å². The van der Waals surface area contributed by atoms with E-state index in [9.17, 15) is 4.79 Å². The van der Waals surface area contributed by atoms with Crippen molar-refractivity contribution >= 4 is 17.6 Å². The van der Waals surface area contributed by atoms with Gasteiger partial charge in [0.05, 0.1) is 25.6 Å². The van der Waals surface area contributed by atoms with Gasteiger partial charge in [-0.25, -0.2) is 9.79 Å². The normalized spacial score (nSPS) is 22.8. The van der Waals surface area contributed by atoms with Gasteiger partial charge in [-0.3, -0.25) is 10.00 Å². The highest BCUT2D eigenvalue weighted by Crippen LogP contribution is 2.42. The zero-order valence-corrected chi connectivity index (χ0v) is 16.8. The molecule has 0 bridgehead atoms. The zero-order valence-electron chi connectivity index (χ0n) is 16.8. The first-order chi connectivity index (χ1) is 14.1. The van der Waals surface area contributed by atoms with Crippen molar-refractivity contribution in [1.82, 2.24) is 20.0 Å². The van der Waals surface area contributed by atoms with Crippen LogP contribution in [-0.2, 0) is 18.2 Å². The maximum absolute atomic E-state index is 12.9. The molecular formula is C21H25N5O3.